The van der Waals surface area contributed by atoms with Gasteiger partial charge in [0.1, 0.15) is 5.82 Å². The van der Waals surface area contributed by atoms with Crippen LogP contribution >= 0.6 is 0 Å². The summed E-state index contributed by atoms with van der Waals surface area (Å²) >= 11 is 0. The van der Waals surface area contributed by atoms with Gasteiger partial charge in [0, 0.05) is 30.9 Å². The molecule has 3 N–H and O–H groups in total. The lowest BCUT2D eigenvalue weighted by Crippen LogP contribution is -2.42. The lowest BCUT2D eigenvalue weighted by molar-refractivity contribution is 0.524. The van der Waals surface area contributed by atoms with Crippen LogP contribution in [0.15, 0.2) is 18.2 Å². The minimum absolute atomic E-state index is 0.305. The van der Waals surface area contributed by atoms with Crippen LogP contribution in [0, 0.1) is 13.8 Å². The molecule has 2 aromatic heterocycles. The highest BCUT2D eigenvalue weighted by molar-refractivity contribution is 5.43. The minimum Gasteiger partial charge on any atom is -0.368 e. The normalized spacial score (nSPS) is 18.3. The Morgan fingerprint density at radius 2 is 2.05 bits per heavy atom. The van der Waals surface area contributed by atoms with Crippen molar-refractivity contribution in [3.63, 3.8) is 0 Å². The van der Waals surface area contributed by atoms with E-state index >= 15 is 0 Å². The standard InChI is InChI=1S/C15H21N7/c1-10-5-6-14(21-20-10)22-7-3-4-12(9-22)18-13-8-11(2)17-15(16)19-13/h5-6,8,12H,3-4,7,9H2,1-2H3,(H3,16,17,18,19)/t12-/m1/s1. The zero-order valence-electron chi connectivity index (χ0n) is 13.0. The van der Waals surface area contributed by atoms with E-state index in [1.54, 1.807) is 0 Å². The largest absolute Gasteiger partial charge is 0.368 e. The van der Waals surface area contributed by atoms with Crippen LogP contribution in [0.3, 0.4) is 0 Å². The molecule has 0 radical (unpaired) electrons. The molecule has 1 aliphatic rings. The molecule has 1 fully saturated rings. The quantitative estimate of drug-likeness (QED) is 0.888. The molecule has 1 saturated heterocycles. The molecule has 3 rings (SSSR count). The maximum Gasteiger partial charge on any atom is 0.222 e. The third kappa shape index (κ3) is 3.41. The molecule has 1 atom stereocenters. The van der Waals surface area contributed by atoms with E-state index < -0.39 is 0 Å². The summed E-state index contributed by atoms with van der Waals surface area (Å²) in [6.07, 6.45) is 2.20. The number of nitrogens with two attached hydrogens (primary N) is 1. The smallest absolute Gasteiger partial charge is 0.222 e. The Labute approximate surface area is 130 Å². The first-order valence-corrected chi connectivity index (χ1v) is 7.53. The molecule has 2 aromatic rings. The summed E-state index contributed by atoms with van der Waals surface area (Å²) in [5.41, 5.74) is 7.51. The molecular weight excluding hydrogens is 278 g/mol. The zero-order chi connectivity index (χ0) is 15.5. The number of piperidine rings is 1. The van der Waals surface area contributed by atoms with Gasteiger partial charge in [-0.3, -0.25) is 0 Å². The molecule has 0 unspecified atom stereocenters. The van der Waals surface area contributed by atoms with Crippen LogP contribution in [0.5, 0.6) is 0 Å². The Kier molecular flexibility index (Phi) is 4.04. The van der Waals surface area contributed by atoms with E-state index in [9.17, 15) is 0 Å². The van der Waals surface area contributed by atoms with Crippen molar-refractivity contribution in [3.8, 4) is 0 Å². The van der Waals surface area contributed by atoms with E-state index in [-0.39, 0.29) is 0 Å². The van der Waals surface area contributed by atoms with Crippen LogP contribution in [-0.2, 0) is 0 Å². The van der Waals surface area contributed by atoms with Crippen molar-refractivity contribution in [1.82, 2.24) is 20.2 Å². The summed E-state index contributed by atoms with van der Waals surface area (Å²) in [5.74, 6) is 2.02. The lowest BCUT2D eigenvalue weighted by atomic mass is 10.1. The third-order valence-corrected chi connectivity index (χ3v) is 3.75. The number of hydrogen-bond donors (Lipinski definition) is 2. The molecule has 3 heterocycles. The second-order valence-electron chi connectivity index (χ2n) is 5.72. The van der Waals surface area contributed by atoms with Crippen molar-refractivity contribution >= 4 is 17.6 Å². The Hall–Kier alpha value is -2.44. The van der Waals surface area contributed by atoms with Gasteiger partial charge in [-0.05, 0) is 38.8 Å². The van der Waals surface area contributed by atoms with Crippen molar-refractivity contribution in [3.05, 3.63) is 29.6 Å². The Balaban J connectivity index is 1.69. The number of nitrogens with zero attached hydrogens (tertiary/aromatic N) is 5. The predicted octanol–water partition coefficient (Wildman–Crippen LogP) is 1.55. The zero-order valence-corrected chi connectivity index (χ0v) is 13.0. The van der Waals surface area contributed by atoms with E-state index in [4.69, 9.17) is 5.73 Å². The summed E-state index contributed by atoms with van der Waals surface area (Å²) in [6, 6.07) is 6.25. The molecule has 22 heavy (non-hydrogen) atoms. The van der Waals surface area contributed by atoms with Crippen LogP contribution in [0.2, 0.25) is 0 Å². The molecule has 0 saturated carbocycles. The first-order chi connectivity index (χ1) is 10.6. The summed E-state index contributed by atoms with van der Waals surface area (Å²) < 4.78 is 0. The van der Waals surface area contributed by atoms with Crippen molar-refractivity contribution in [2.75, 3.05) is 29.0 Å². The van der Waals surface area contributed by atoms with Gasteiger partial charge in [-0.1, -0.05) is 0 Å². The molecule has 7 heteroatoms. The second-order valence-corrected chi connectivity index (χ2v) is 5.72. The van der Waals surface area contributed by atoms with Gasteiger partial charge in [0.2, 0.25) is 5.95 Å². The van der Waals surface area contributed by atoms with E-state index in [0.29, 0.717) is 12.0 Å². The molecule has 0 amide bonds. The fourth-order valence-electron chi connectivity index (χ4n) is 2.74. The maximum atomic E-state index is 5.71. The van der Waals surface area contributed by atoms with Crippen molar-refractivity contribution < 1.29 is 0 Å². The molecule has 0 aromatic carbocycles. The number of anilines is 3. The lowest BCUT2D eigenvalue weighted by Gasteiger charge is -2.34. The van der Waals surface area contributed by atoms with Crippen molar-refractivity contribution in [2.24, 2.45) is 0 Å². The molecule has 7 nitrogen and oxygen atoms in total. The highest BCUT2D eigenvalue weighted by Gasteiger charge is 2.21. The van der Waals surface area contributed by atoms with E-state index in [0.717, 1.165) is 49.0 Å². The van der Waals surface area contributed by atoms with Crippen molar-refractivity contribution in [2.45, 2.75) is 32.7 Å². The fraction of sp³-hybridized carbons (Fsp3) is 0.467. The molecule has 0 spiro atoms. The molecular formula is C15H21N7. The van der Waals surface area contributed by atoms with Crippen molar-refractivity contribution in [1.29, 1.82) is 0 Å². The van der Waals surface area contributed by atoms with Crippen LogP contribution in [0.4, 0.5) is 17.6 Å². The average Bonchev–Trinajstić information content (AvgIpc) is 2.47. The van der Waals surface area contributed by atoms with Gasteiger partial charge in [-0.2, -0.15) is 10.1 Å². The van der Waals surface area contributed by atoms with Gasteiger partial charge in [-0.25, -0.2) is 4.98 Å². The van der Waals surface area contributed by atoms with E-state index in [2.05, 4.69) is 30.4 Å². The van der Waals surface area contributed by atoms with Gasteiger partial charge >= 0.3 is 0 Å². The second kappa shape index (κ2) is 6.13. The molecule has 116 valence electrons. The van der Waals surface area contributed by atoms with E-state index in [1.807, 2.05) is 32.0 Å². The van der Waals surface area contributed by atoms with E-state index in [1.165, 1.54) is 0 Å². The monoisotopic (exact) mass is 299 g/mol. The summed E-state index contributed by atoms with van der Waals surface area (Å²) in [6.45, 7) is 5.74. The highest BCUT2D eigenvalue weighted by atomic mass is 15.3. The SMILES string of the molecule is Cc1ccc(N2CCC[C@@H](Nc3cc(C)nc(N)n3)C2)nn1. The summed E-state index contributed by atoms with van der Waals surface area (Å²) in [5, 5.41) is 11.9. The van der Waals surface area contributed by atoms with Crippen LogP contribution in [0.25, 0.3) is 0 Å². The maximum absolute atomic E-state index is 5.71. The van der Waals surface area contributed by atoms with Crippen LogP contribution in [-0.4, -0.2) is 39.3 Å². The Morgan fingerprint density at radius 3 is 2.77 bits per heavy atom. The summed E-state index contributed by atoms with van der Waals surface area (Å²) in [7, 11) is 0. The predicted molar refractivity (Wildman–Crippen MR) is 86.8 cm³/mol. The van der Waals surface area contributed by atoms with Gasteiger partial charge in [0.05, 0.1) is 5.69 Å². The third-order valence-electron chi connectivity index (χ3n) is 3.75. The number of aromatic nitrogens is 4. The first-order valence-electron chi connectivity index (χ1n) is 7.53. The highest BCUT2D eigenvalue weighted by Crippen LogP contribution is 2.20. The number of nitrogen functional groups attached to an aromatic ring is 1. The van der Waals surface area contributed by atoms with Gasteiger partial charge in [0.15, 0.2) is 5.82 Å². The molecule has 0 aliphatic carbocycles. The first kappa shape index (κ1) is 14.5. The number of hydrogen-bond acceptors (Lipinski definition) is 7. The number of nitrogens with one attached hydrogen (secondary N) is 1. The fourth-order valence-corrected chi connectivity index (χ4v) is 2.74. The van der Waals surface area contributed by atoms with Gasteiger partial charge < -0.3 is 16.0 Å². The number of rotatable bonds is 3. The Bertz CT molecular complexity index is 621. The van der Waals surface area contributed by atoms with Gasteiger partial charge in [0.25, 0.3) is 0 Å². The summed E-state index contributed by atoms with van der Waals surface area (Å²) in [4.78, 5) is 10.6. The minimum atomic E-state index is 0.305. The van der Waals surface area contributed by atoms with Crippen LogP contribution < -0.4 is 16.0 Å². The topological polar surface area (TPSA) is 92.8 Å². The Morgan fingerprint density at radius 1 is 1.18 bits per heavy atom. The van der Waals surface area contributed by atoms with Gasteiger partial charge in [-0.15, -0.1) is 5.10 Å². The number of aryl methyl sites for hydroxylation is 2. The molecule has 1 aliphatic heterocycles. The molecule has 0 bridgehead atoms. The van der Waals surface area contributed by atoms with Crippen LogP contribution in [0.1, 0.15) is 24.2 Å². The average molecular weight is 299 g/mol.